The van der Waals surface area contributed by atoms with Crippen LogP contribution in [0.25, 0.3) is 0 Å². The number of hydrazone groups is 1. The van der Waals surface area contributed by atoms with E-state index >= 15 is 0 Å². The number of sulfonamides is 1. The first-order chi connectivity index (χ1) is 18.7. The van der Waals surface area contributed by atoms with Crippen molar-refractivity contribution in [3.63, 3.8) is 0 Å². The summed E-state index contributed by atoms with van der Waals surface area (Å²) < 4.78 is 34.7. The maximum absolute atomic E-state index is 13.4. The Hall–Kier alpha value is -3.77. The molecule has 0 fully saturated rings. The van der Waals surface area contributed by atoms with Gasteiger partial charge in [0.25, 0.3) is 0 Å². The monoisotopic (exact) mass is 628 g/mol. The zero-order valence-corrected chi connectivity index (χ0v) is 23.4. The van der Waals surface area contributed by atoms with Crippen molar-refractivity contribution in [1.82, 2.24) is 9.73 Å². The summed E-state index contributed by atoms with van der Waals surface area (Å²) in [6.45, 7) is 0.0507. The molecular formula is C27H22BrClN4O5S. The summed E-state index contributed by atoms with van der Waals surface area (Å²) in [5.74, 6) is -1.26. The van der Waals surface area contributed by atoms with Gasteiger partial charge in [-0.3, -0.25) is 9.59 Å². The molecule has 9 nitrogen and oxygen atoms in total. The first-order valence-corrected chi connectivity index (χ1v) is 14.1. The van der Waals surface area contributed by atoms with E-state index in [9.17, 15) is 18.0 Å². The molecule has 1 heterocycles. The molecule has 0 aliphatic heterocycles. The average molecular weight is 630 g/mol. The third-order valence-electron chi connectivity index (χ3n) is 5.33. The van der Waals surface area contributed by atoms with Gasteiger partial charge in [-0.25, -0.2) is 13.8 Å². The molecule has 4 rings (SSSR count). The van der Waals surface area contributed by atoms with E-state index in [-0.39, 0.29) is 23.7 Å². The zero-order valence-electron chi connectivity index (χ0n) is 20.3. The lowest BCUT2D eigenvalue weighted by Gasteiger charge is -2.21. The Morgan fingerprint density at radius 2 is 1.59 bits per heavy atom. The SMILES string of the molecule is O=C(N/N=C/c1ccc(CN(Cc2ccccc2)S(=O)(=O)c2ccc(Cl)cc2)o1)C(=O)Nc1ccc(Br)cc1. The van der Waals surface area contributed by atoms with Crippen LogP contribution in [0, 0.1) is 0 Å². The van der Waals surface area contributed by atoms with E-state index in [0.717, 1.165) is 10.0 Å². The van der Waals surface area contributed by atoms with Gasteiger partial charge in [-0.1, -0.05) is 57.9 Å². The number of halogens is 2. The van der Waals surface area contributed by atoms with Crippen LogP contribution in [0.4, 0.5) is 5.69 Å². The molecule has 0 bridgehead atoms. The molecule has 0 spiro atoms. The van der Waals surface area contributed by atoms with Gasteiger partial charge in [-0.2, -0.15) is 9.41 Å². The number of carbonyl (C=O) groups is 2. The van der Waals surface area contributed by atoms with E-state index in [1.54, 1.807) is 36.4 Å². The van der Waals surface area contributed by atoms with Crippen LogP contribution in [0.2, 0.25) is 5.02 Å². The number of nitrogens with zero attached hydrogens (tertiary/aromatic N) is 2. The topological polar surface area (TPSA) is 121 Å². The Balaban J connectivity index is 1.42. The molecule has 0 atom stereocenters. The highest BCUT2D eigenvalue weighted by Crippen LogP contribution is 2.23. The number of furan rings is 1. The van der Waals surface area contributed by atoms with Crippen LogP contribution in [0.5, 0.6) is 0 Å². The number of rotatable bonds is 9. The molecule has 0 radical (unpaired) electrons. The molecule has 0 saturated carbocycles. The van der Waals surface area contributed by atoms with Crippen molar-refractivity contribution in [1.29, 1.82) is 0 Å². The van der Waals surface area contributed by atoms with Gasteiger partial charge in [0.1, 0.15) is 11.5 Å². The second-order valence-corrected chi connectivity index (χ2v) is 11.5. The molecule has 4 aromatic rings. The highest BCUT2D eigenvalue weighted by atomic mass is 79.9. The third-order valence-corrected chi connectivity index (χ3v) is 7.92. The van der Waals surface area contributed by atoms with Gasteiger partial charge in [0.05, 0.1) is 17.7 Å². The fourth-order valence-corrected chi connectivity index (χ4v) is 5.20. The summed E-state index contributed by atoms with van der Waals surface area (Å²) in [6, 6.07) is 25.0. The Bertz CT molecular complexity index is 1570. The predicted molar refractivity (Wildman–Crippen MR) is 152 cm³/mol. The van der Waals surface area contributed by atoms with Gasteiger partial charge in [0.15, 0.2) is 0 Å². The highest BCUT2D eigenvalue weighted by molar-refractivity contribution is 9.10. The largest absolute Gasteiger partial charge is 0.459 e. The molecule has 2 amide bonds. The van der Waals surface area contributed by atoms with Crippen LogP contribution in [0.1, 0.15) is 17.1 Å². The Morgan fingerprint density at radius 1 is 0.897 bits per heavy atom. The Morgan fingerprint density at radius 3 is 2.28 bits per heavy atom. The molecule has 2 N–H and O–H groups in total. The van der Waals surface area contributed by atoms with E-state index in [0.29, 0.717) is 16.5 Å². The van der Waals surface area contributed by atoms with Crippen molar-refractivity contribution < 1.29 is 22.4 Å². The lowest BCUT2D eigenvalue weighted by atomic mass is 10.2. The third kappa shape index (κ3) is 7.87. The predicted octanol–water partition coefficient (Wildman–Crippen LogP) is 5.18. The smallest absolute Gasteiger partial charge is 0.329 e. The van der Waals surface area contributed by atoms with Gasteiger partial charge in [0.2, 0.25) is 10.0 Å². The van der Waals surface area contributed by atoms with E-state index in [2.05, 4.69) is 31.8 Å². The van der Waals surface area contributed by atoms with Crippen molar-refractivity contribution >= 4 is 61.3 Å². The molecule has 39 heavy (non-hydrogen) atoms. The number of benzene rings is 3. The van der Waals surface area contributed by atoms with Gasteiger partial charge in [-0.05, 0) is 66.2 Å². The highest BCUT2D eigenvalue weighted by Gasteiger charge is 2.26. The van der Waals surface area contributed by atoms with Crippen LogP contribution in [0.3, 0.4) is 0 Å². The first kappa shape index (κ1) is 28.2. The van der Waals surface area contributed by atoms with Gasteiger partial charge in [0, 0.05) is 21.7 Å². The number of amides is 2. The minimum Gasteiger partial charge on any atom is -0.459 e. The molecule has 0 unspecified atom stereocenters. The summed E-state index contributed by atoms with van der Waals surface area (Å²) >= 11 is 9.23. The average Bonchev–Trinajstić information content (AvgIpc) is 3.37. The van der Waals surface area contributed by atoms with E-state index in [1.165, 1.54) is 34.8 Å². The number of anilines is 1. The molecule has 12 heteroatoms. The fourth-order valence-electron chi connectivity index (χ4n) is 3.42. The van der Waals surface area contributed by atoms with Crippen LogP contribution in [-0.2, 0) is 32.7 Å². The minimum atomic E-state index is -3.89. The fraction of sp³-hybridized carbons (Fsp3) is 0.0741. The molecule has 0 aliphatic rings. The number of hydrogen-bond donors (Lipinski definition) is 2. The van der Waals surface area contributed by atoms with Gasteiger partial charge < -0.3 is 9.73 Å². The van der Waals surface area contributed by atoms with Crippen LogP contribution in [-0.4, -0.2) is 30.8 Å². The summed E-state index contributed by atoms with van der Waals surface area (Å²) in [5, 5.41) is 6.63. The van der Waals surface area contributed by atoms with Crippen LogP contribution < -0.4 is 10.7 Å². The van der Waals surface area contributed by atoms with Crippen molar-refractivity contribution in [3.8, 4) is 0 Å². The molecule has 0 saturated heterocycles. The van der Waals surface area contributed by atoms with Crippen molar-refractivity contribution in [3.05, 3.63) is 118 Å². The second kappa shape index (κ2) is 12.9. The normalized spacial score (nSPS) is 11.6. The molecule has 1 aromatic heterocycles. The molecule has 200 valence electrons. The van der Waals surface area contributed by atoms with Crippen molar-refractivity contribution in [2.24, 2.45) is 5.10 Å². The molecular weight excluding hydrogens is 608 g/mol. The number of hydrogen-bond acceptors (Lipinski definition) is 6. The van der Waals surface area contributed by atoms with Crippen LogP contribution in [0.15, 0.2) is 110 Å². The maximum Gasteiger partial charge on any atom is 0.329 e. The van der Waals surface area contributed by atoms with Crippen LogP contribution >= 0.6 is 27.5 Å². The molecule has 3 aromatic carbocycles. The summed E-state index contributed by atoms with van der Waals surface area (Å²) in [6.07, 6.45) is 1.21. The second-order valence-electron chi connectivity index (χ2n) is 8.18. The number of nitrogens with one attached hydrogen (secondary N) is 2. The lowest BCUT2D eigenvalue weighted by molar-refractivity contribution is -0.136. The van der Waals surface area contributed by atoms with E-state index in [1.807, 2.05) is 30.3 Å². The van der Waals surface area contributed by atoms with Gasteiger partial charge >= 0.3 is 11.8 Å². The van der Waals surface area contributed by atoms with E-state index in [4.69, 9.17) is 16.0 Å². The lowest BCUT2D eigenvalue weighted by Crippen LogP contribution is -2.32. The summed E-state index contributed by atoms with van der Waals surface area (Å²) in [7, 11) is -3.89. The van der Waals surface area contributed by atoms with E-state index < -0.39 is 21.8 Å². The first-order valence-electron chi connectivity index (χ1n) is 11.5. The Labute approximate surface area is 238 Å². The summed E-state index contributed by atoms with van der Waals surface area (Å²) in [5.41, 5.74) is 3.38. The van der Waals surface area contributed by atoms with Gasteiger partial charge in [-0.15, -0.1) is 0 Å². The molecule has 0 aliphatic carbocycles. The minimum absolute atomic E-state index is 0.0599. The van der Waals surface area contributed by atoms with Crippen molar-refractivity contribution in [2.45, 2.75) is 18.0 Å². The summed E-state index contributed by atoms with van der Waals surface area (Å²) in [4.78, 5) is 24.2. The zero-order chi connectivity index (χ0) is 27.8. The number of carbonyl (C=O) groups excluding carboxylic acids is 2. The standard InChI is InChI=1S/C27H22BrClN4O5S/c28-20-6-10-22(11-7-20)31-26(34)27(35)32-30-16-23-12-13-24(38-23)18-33(17-19-4-2-1-3-5-19)39(36,37)25-14-8-21(29)9-15-25/h1-16H,17-18H2,(H,31,34)(H,32,35)/b30-16+. The maximum atomic E-state index is 13.4. The Kier molecular flexibility index (Phi) is 9.31. The quantitative estimate of drug-likeness (QED) is 0.150. The van der Waals surface area contributed by atoms with Crippen molar-refractivity contribution in [2.75, 3.05) is 5.32 Å².